The number of thioether (sulfide) groups is 1. The van der Waals surface area contributed by atoms with Crippen LogP contribution in [-0.2, 0) is 13.0 Å². The monoisotopic (exact) mass is 403 g/mol. The number of hydrogen-bond acceptors (Lipinski definition) is 2. The van der Waals surface area contributed by atoms with E-state index in [-0.39, 0.29) is 17.4 Å². The summed E-state index contributed by atoms with van der Waals surface area (Å²) in [6.45, 7) is 4.52. The van der Waals surface area contributed by atoms with Crippen LogP contribution >= 0.6 is 11.8 Å². The molecule has 0 saturated carbocycles. The van der Waals surface area contributed by atoms with E-state index in [0.717, 1.165) is 35.5 Å². The first-order valence-corrected chi connectivity index (χ1v) is 9.86. The fourth-order valence-electron chi connectivity index (χ4n) is 3.11. The van der Waals surface area contributed by atoms with E-state index in [1.807, 2.05) is 19.9 Å². The smallest absolute Gasteiger partial charge is 0.174 e. The number of halogens is 3. The maximum Gasteiger partial charge on any atom is 0.174 e. The van der Waals surface area contributed by atoms with Crippen LogP contribution in [0.2, 0.25) is 0 Å². The van der Waals surface area contributed by atoms with Gasteiger partial charge in [0.1, 0.15) is 5.82 Å². The van der Waals surface area contributed by atoms with Gasteiger partial charge in [0.05, 0.1) is 5.75 Å². The van der Waals surface area contributed by atoms with E-state index in [1.165, 1.54) is 30.0 Å². The average molecular weight is 403 g/mol. The first-order chi connectivity index (χ1) is 13.3. The summed E-state index contributed by atoms with van der Waals surface area (Å²) in [7, 11) is 0. The zero-order valence-electron chi connectivity index (χ0n) is 15.6. The van der Waals surface area contributed by atoms with E-state index in [9.17, 15) is 18.0 Å². The number of nitrogens with zero attached hydrogens (tertiary/aromatic N) is 1. The number of benzene rings is 2. The van der Waals surface area contributed by atoms with Crippen LogP contribution in [0.25, 0.3) is 0 Å². The lowest BCUT2D eigenvalue weighted by Gasteiger charge is -2.10. The minimum Gasteiger partial charge on any atom is -0.348 e. The minimum absolute atomic E-state index is 0.0594. The van der Waals surface area contributed by atoms with Crippen LogP contribution in [0.4, 0.5) is 13.2 Å². The third kappa shape index (κ3) is 4.68. The molecule has 3 aromatic rings. The maximum atomic E-state index is 13.3. The molecule has 0 amide bonds. The molecule has 146 valence electrons. The SMILES string of the molecule is Cc1cc(C(=O)CSc2ccc(F)c(F)c2)c(C)n1CCc1ccc(F)cc1. The van der Waals surface area contributed by atoms with Gasteiger partial charge in [0.15, 0.2) is 17.4 Å². The molecule has 0 atom stereocenters. The van der Waals surface area contributed by atoms with Gasteiger partial charge in [0.2, 0.25) is 0 Å². The highest BCUT2D eigenvalue weighted by Crippen LogP contribution is 2.24. The molecule has 0 saturated heterocycles. The topological polar surface area (TPSA) is 22.0 Å². The van der Waals surface area contributed by atoms with Gasteiger partial charge in [0, 0.05) is 28.4 Å². The van der Waals surface area contributed by atoms with E-state index >= 15 is 0 Å². The molecule has 0 spiro atoms. The van der Waals surface area contributed by atoms with Crippen molar-refractivity contribution in [2.24, 2.45) is 0 Å². The van der Waals surface area contributed by atoms with Gasteiger partial charge in [0.25, 0.3) is 0 Å². The summed E-state index contributed by atoms with van der Waals surface area (Å²) in [6.07, 6.45) is 0.730. The molecule has 28 heavy (non-hydrogen) atoms. The molecule has 2 aromatic carbocycles. The molecule has 0 aliphatic heterocycles. The molecule has 0 aliphatic rings. The lowest BCUT2D eigenvalue weighted by atomic mass is 10.1. The number of hydrogen-bond donors (Lipinski definition) is 0. The zero-order chi connectivity index (χ0) is 20.3. The lowest BCUT2D eigenvalue weighted by molar-refractivity contribution is 0.102. The Hall–Kier alpha value is -2.47. The summed E-state index contributed by atoms with van der Waals surface area (Å²) in [5, 5.41) is 0. The third-order valence-electron chi connectivity index (χ3n) is 4.67. The molecular weight excluding hydrogens is 383 g/mol. The van der Waals surface area contributed by atoms with E-state index in [0.29, 0.717) is 17.0 Å². The van der Waals surface area contributed by atoms with E-state index in [2.05, 4.69) is 4.57 Å². The number of Topliss-reactive ketones (excluding diaryl/α,β-unsaturated/α-hetero) is 1. The molecule has 1 aromatic heterocycles. The van der Waals surface area contributed by atoms with Gasteiger partial charge < -0.3 is 4.57 Å². The van der Waals surface area contributed by atoms with Crippen molar-refractivity contribution in [3.63, 3.8) is 0 Å². The van der Waals surface area contributed by atoms with Crippen LogP contribution < -0.4 is 0 Å². The number of aromatic nitrogens is 1. The Balaban J connectivity index is 1.66. The number of carbonyl (C=O) groups is 1. The zero-order valence-corrected chi connectivity index (χ0v) is 16.5. The van der Waals surface area contributed by atoms with Crippen LogP contribution in [0.3, 0.4) is 0 Å². The second kappa shape index (κ2) is 8.69. The van der Waals surface area contributed by atoms with Crippen molar-refractivity contribution in [3.05, 3.63) is 88.5 Å². The van der Waals surface area contributed by atoms with Gasteiger partial charge in [-0.25, -0.2) is 13.2 Å². The second-order valence-corrected chi connectivity index (χ2v) is 7.65. The van der Waals surface area contributed by atoms with Crippen LogP contribution in [0.15, 0.2) is 53.4 Å². The van der Waals surface area contributed by atoms with Crippen LogP contribution in [-0.4, -0.2) is 16.1 Å². The second-order valence-electron chi connectivity index (χ2n) is 6.60. The summed E-state index contributed by atoms with van der Waals surface area (Å²) in [5.41, 5.74) is 3.50. The van der Waals surface area contributed by atoms with Crippen molar-refractivity contribution in [1.82, 2.24) is 4.57 Å². The Morgan fingerprint density at radius 1 is 0.964 bits per heavy atom. The van der Waals surface area contributed by atoms with Crippen molar-refractivity contribution in [2.45, 2.75) is 31.7 Å². The summed E-state index contributed by atoms with van der Waals surface area (Å²) in [4.78, 5) is 13.1. The largest absolute Gasteiger partial charge is 0.348 e. The Kier molecular flexibility index (Phi) is 6.29. The molecule has 0 N–H and O–H groups in total. The van der Waals surface area contributed by atoms with Crippen molar-refractivity contribution in [3.8, 4) is 0 Å². The van der Waals surface area contributed by atoms with Gasteiger partial charge in [-0.05, 0) is 62.2 Å². The summed E-state index contributed by atoms with van der Waals surface area (Å²) < 4.78 is 41.4. The van der Waals surface area contributed by atoms with E-state index in [4.69, 9.17) is 0 Å². The molecule has 0 fully saturated rings. The first kappa shape index (κ1) is 20.3. The molecule has 6 heteroatoms. The molecule has 0 unspecified atom stereocenters. The average Bonchev–Trinajstić information content (AvgIpc) is 2.96. The molecule has 1 heterocycles. The Morgan fingerprint density at radius 3 is 2.36 bits per heavy atom. The van der Waals surface area contributed by atoms with Gasteiger partial charge in [-0.1, -0.05) is 12.1 Å². The maximum absolute atomic E-state index is 13.3. The highest BCUT2D eigenvalue weighted by atomic mass is 32.2. The standard InChI is InChI=1S/C22H20F3NOS/c1-14-11-19(22(27)13-28-18-7-8-20(24)21(25)12-18)15(2)26(14)10-9-16-3-5-17(23)6-4-16/h3-8,11-12H,9-10,13H2,1-2H3. The van der Waals surface area contributed by atoms with Crippen LogP contribution in [0, 0.1) is 31.3 Å². The van der Waals surface area contributed by atoms with Crippen molar-refractivity contribution >= 4 is 17.5 Å². The lowest BCUT2D eigenvalue weighted by Crippen LogP contribution is -2.08. The predicted octanol–water partition coefficient (Wildman–Crippen LogP) is 5.74. The van der Waals surface area contributed by atoms with Crippen molar-refractivity contribution < 1.29 is 18.0 Å². The van der Waals surface area contributed by atoms with Crippen molar-refractivity contribution in [1.29, 1.82) is 0 Å². The number of aryl methyl sites for hydroxylation is 2. The summed E-state index contributed by atoms with van der Waals surface area (Å²) in [5.74, 6) is -2.00. The number of carbonyl (C=O) groups excluding carboxylic acids is 1. The summed E-state index contributed by atoms with van der Waals surface area (Å²) >= 11 is 1.18. The number of rotatable bonds is 7. The summed E-state index contributed by atoms with van der Waals surface area (Å²) in [6, 6.07) is 11.9. The molecule has 0 radical (unpaired) electrons. The van der Waals surface area contributed by atoms with Crippen molar-refractivity contribution in [2.75, 3.05) is 5.75 Å². The Morgan fingerprint density at radius 2 is 1.68 bits per heavy atom. The van der Waals surface area contributed by atoms with Gasteiger partial charge in [-0.3, -0.25) is 4.79 Å². The van der Waals surface area contributed by atoms with Gasteiger partial charge in [-0.15, -0.1) is 11.8 Å². The minimum atomic E-state index is -0.920. The van der Waals surface area contributed by atoms with Gasteiger partial charge >= 0.3 is 0 Å². The molecule has 0 aliphatic carbocycles. The normalized spacial score (nSPS) is 11.0. The quantitative estimate of drug-likeness (QED) is 0.371. The number of ketones is 1. The molecule has 2 nitrogen and oxygen atoms in total. The van der Waals surface area contributed by atoms with Crippen LogP contribution in [0.1, 0.15) is 27.3 Å². The fraction of sp³-hybridized carbons (Fsp3) is 0.227. The first-order valence-electron chi connectivity index (χ1n) is 8.87. The van der Waals surface area contributed by atoms with E-state index in [1.54, 1.807) is 12.1 Å². The molecular formula is C22H20F3NOS. The third-order valence-corrected chi connectivity index (χ3v) is 5.67. The predicted molar refractivity (Wildman–Crippen MR) is 105 cm³/mol. The molecule has 0 bridgehead atoms. The highest BCUT2D eigenvalue weighted by molar-refractivity contribution is 8.00. The van der Waals surface area contributed by atoms with Crippen LogP contribution in [0.5, 0.6) is 0 Å². The highest BCUT2D eigenvalue weighted by Gasteiger charge is 2.16. The van der Waals surface area contributed by atoms with Gasteiger partial charge in [-0.2, -0.15) is 0 Å². The Bertz CT molecular complexity index is 996. The fourth-order valence-corrected chi connectivity index (χ4v) is 3.92. The molecule has 3 rings (SSSR count). The van der Waals surface area contributed by atoms with E-state index < -0.39 is 11.6 Å². The Labute approximate surface area is 166 Å².